The number of rotatable bonds is 4. The number of benzene rings is 1. The van der Waals surface area contributed by atoms with Crippen molar-refractivity contribution in [3.63, 3.8) is 0 Å². The SMILES string of the molecule is CCOC(=O)C1=NN(N=O)[C@H]2C(=O)N(c3cc(Cl)cc(Cl)c3)C(=O)[C@@H]12. The Hall–Kier alpha value is -2.52. The van der Waals surface area contributed by atoms with Gasteiger partial charge in [0.2, 0.25) is 5.91 Å². The molecule has 2 aliphatic heterocycles. The van der Waals surface area contributed by atoms with Crippen LogP contribution in [0.25, 0.3) is 0 Å². The number of hydrazone groups is 1. The van der Waals surface area contributed by atoms with Gasteiger partial charge in [0.05, 0.1) is 17.6 Å². The van der Waals surface area contributed by atoms with Crippen molar-refractivity contribution in [2.24, 2.45) is 16.3 Å². The zero-order valence-corrected chi connectivity index (χ0v) is 14.2. The smallest absolute Gasteiger partial charge is 0.355 e. The maximum Gasteiger partial charge on any atom is 0.355 e. The molecule has 1 aromatic rings. The average Bonchev–Trinajstić information content (AvgIpc) is 3.04. The van der Waals surface area contributed by atoms with Crippen molar-refractivity contribution in [3.05, 3.63) is 33.2 Å². The molecule has 25 heavy (non-hydrogen) atoms. The highest BCUT2D eigenvalue weighted by molar-refractivity contribution is 6.46. The standard InChI is InChI=1S/C14H10Cl2N4O5/c1-2-25-14(23)10-9-11(20(17-10)18-24)13(22)19(12(9)21)8-4-6(15)3-7(16)5-8/h3-5,9,11H,2H2,1H3/t9-,11+/m0/s1. The number of carbonyl (C=O) groups is 3. The molecule has 0 unspecified atom stereocenters. The minimum absolute atomic E-state index is 0.0412. The quantitative estimate of drug-likeness (QED) is 0.444. The number of amides is 2. The van der Waals surface area contributed by atoms with Crippen LogP contribution in [0.2, 0.25) is 10.0 Å². The summed E-state index contributed by atoms with van der Waals surface area (Å²) in [6, 6.07) is 2.82. The zero-order chi connectivity index (χ0) is 18.3. The number of nitroso groups, excluding NO2 is 1. The number of carbonyl (C=O) groups excluding carboxylic acids is 3. The Morgan fingerprint density at radius 3 is 2.44 bits per heavy atom. The monoisotopic (exact) mass is 384 g/mol. The van der Waals surface area contributed by atoms with Crippen LogP contribution in [0.3, 0.4) is 0 Å². The van der Waals surface area contributed by atoms with Crippen molar-refractivity contribution in [2.75, 3.05) is 11.5 Å². The van der Waals surface area contributed by atoms with E-state index in [1.807, 2.05) is 0 Å². The van der Waals surface area contributed by atoms with E-state index in [2.05, 4.69) is 10.4 Å². The highest BCUT2D eigenvalue weighted by Crippen LogP contribution is 2.37. The Morgan fingerprint density at radius 2 is 1.88 bits per heavy atom. The molecule has 11 heteroatoms. The van der Waals surface area contributed by atoms with Crippen LogP contribution in [0.5, 0.6) is 0 Å². The predicted molar refractivity (Wildman–Crippen MR) is 87.9 cm³/mol. The van der Waals surface area contributed by atoms with Gasteiger partial charge in [0.1, 0.15) is 5.92 Å². The maximum atomic E-state index is 12.8. The van der Waals surface area contributed by atoms with E-state index in [4.69, 9.17) is 27.9 Å². The topological polar surface area (TPSA) is 109 Å². The van der Waals surface area contributed by atoms with Crippen LogP contribution in [-0.4, -0.2) is 41.3 Å². The summed E-state index contributed by atoms with van der Waals surface area (Å²) >= 11 is 11.8. The predicted octanol–water partition coefficient (Wildman–Crippen LogP) is 1.77. The van der Waals surface area contributed by atoms with E-state index in [1.54, 1.807) is 6.92 Å². The van der Waals surface area contributed by atoms with Crippen LogP contribution in [0.15, 0.2) is 28.6 Å². The summed E-state index contributed by atoms with van der Waals surface area (Å²) in [5.74, 6) is -3.69. The number of anilines is 1. The molecule has 0 radical (unpaired) electrons. The van der Waals surface area contributed by atoms with Crippen LogP contribution in [0, 0.1) is 10.8 Å². The maximum absolute atomic E-state index is 12.8. The van der Waals surface area contributed by atoms with Gasteiger partial charge in [-0.15, -0.1) is 15.1 Å². The second kappa shape index (κ2) is 6.41. The fourth-order valence-electron chi connectivity index (χ4n) is 2.76. The third-order valence-electron chi connectivity index (χ3n) is 3.70. The normalized spacial score (nSPS) is 22.1. The van der Waals surface area contributed by atoms with Gasteiger partial charge in [0.25, 0.3) is 5.91 Å². The third kappa shape index (κ3) is 2.75. The first-order valence-corrected chi connectivity index (χ1v) is 7.86. The number of hydrogen-bond donors (Lipinski definition) is 0. The van der Waals surface area contributed by atoms with Crippen LogP contribution in [0.1, 0.15) is 6.92 Å². The molecule has 9 nitrogen and oxygen atoms in total. The Balaban J connectivity index is 2.03. The highest BCUT2D eigenvalue weighted by Gasteiger charge is 2.59. The van der Waals surface area contributed by atoms with Gasteiger partial charge < -0.3 is 4.74 Å². The van der Waals surface area contributed by atoms with Gasteiger partial charge >= 0.3 is 5.97 Å². The number of hydrogen-bond acceptors (Lipinski definition) is 7. The van der Waals surface area contributed by atoms with E-state index in [0.29, 0.717) is 5.12 Å². The number of fused-ring (bicyclic) bond motifs is 1. The lowest BCUT2D eigenvalue weighted by molar-refractivity contribution is -0.136. The van der Waals surface area contributed by atoms with E-state index >= 15 is 0 Å². The summed E-state index contributed by atoms with van der Waals surface area (Å²) < 4.78 is 4.83. The van der Waals surface area contributed by atoms with E-state index in [0.717, 1.165) is 4.90 Å². The van der Waals surface area contributed by atoms with Crippen molar-refractivity contribution in [3.8, 4) is 0 Å². The lowest BCUT2D eigenvalue weighted by atomic mass is 9.98. The number of halogens is 2. The van der Waals surface area contributed by atoms with Gasteiger partial charge in [0.15, 0.2) is 11.8 Å². The molecule has 0 aromatic heterocycles. The molecule has 130 valence electrons. The molecular formula is C14H10Cl2N4O5. The first kappa shape index (κ1) is 17.3. The molecule has 2 heterocycles. The fourth-order valence-corrected chi connectivity index (χ4v) is 3.27. The molecular weight excluding hydrogens is 375 g/mol. The van der Waals surface area contributed by atoms with Gasteiger partial charge in [-0.25, -0.2) is 9.69 Å². The van der Waals surface area contributed by atoms with Gasteiger partial charge in [0, 0.05) is 10.0 Å². The van der Waals surface area contributed by atoms with Crippen LogP contribution in [-0.2, 0) is 19.1 Å². The molecule has 0 saturated carbocycles. The van der Waals surface area contributed by atoms with Crippen molar-refractivity contribution in [1.82, 2.24) is 5.12 Å². The van der Waals surface area contributed by atoms with Gasteiger partial charge in [-0.2, -0.15) is 0 Å². The molecule has 0 aliphatic carbocycles. The number of ether oxygens (including phenoxy) is 1. The van der Waals surface area contributed by atoms with Gasteiger partial charge in [-0.05, 0) is 25.1 Å². The number of esters is 1. The fraction of sp³-hybridized carbons (Fsp3) is 0.286. The van der Waals surface area contributed by atoms with Crippen molar-refractivity contribution in [1.29, 1.82) is 0 Å². The summed E-state index contributed by atoms with van der Waals surface area (Å²) in [5, 5.41) is 7.19. The third-order valence-corrected chi connectivity index (χ3v) is 4.14. The summed E-state index contributed by atoms with van der Waals surface area (Å²) in [6.45, 7) is 1.61. The minimum atomic E-state index is -1.35. The second-order valence-corrected chi connectivity index (χ2v) is 6.04. The van der Waals surface area contributed by atoms with Gasteiger partial charge in [-0.3, -0.25) is 9.59 Å². The summed E-state index contributed by atoms with van der Waals surface area (Å²) in [7, 11) is 0. The lowest BCUT2D eigenvalue weighted by Crippen LogP contribution is -2.36. The van der Waals surface area contributed by atoms with E-state index in [1.165, 1.54) is 18.2 Å². The lowest BCUT2D eigenvalue weighted by Gasteiger charge is -2.17. The Bertz CT molecular complexity index is 807. The van der Waals surface area contributed by atoms with Gasteiger partial charge in [-0.1, -0.05) is 23.2 Å². The summed E-state index contributed by atoms with van der Waals surface area (Å²) in [5.41, 5.74) is -0.226. The molecule has 3 rings (SSSR count). The molecule has 1 aromatic carbocycles. The Kier molecular flexibility index (Phi) is 4.44. The largest absolute Gasteiger partial charge is 0.461 e. The first-order valence-electron chi connectivity index (χ1n) is 7.11. The van der Waals surface area contributed by atoms with Crippen LogP contribution in [0.4, 0.5) is 5.69 Å². The zero-order valence-electron chi connectivity index (χ0n) is 12.7. The minimum Gasteiger partial charge on any atom is -0.461 e. The van der Waals surface area contributed by atoms with Crippen molar-refractivity contribution < 1.29 is 19.1 Å². The van der Waals surface area contributed by atoms with E-state index < -0.39 is 29.7 Å². The molecule has 1 fully saturated rings. The molecule has 2 atom stereocenters. The van der Waals surface area contributed by atoms with E-state index in [9.17, 15) is 19.3 Å². The second-order valence-electron chi connectivity index (χ2n) is 5.17. The van der Waals surface area contributed by atoms with Crippen molar-refractivity contribution >= 4 is 52.4 Å². The van der Waals surface area contributed by atoms with Crippen molar-refractivity contribution in [2.45, 2.75) is 13.0 Å². The molecule has 0 N–H and O–H groups in total. The Labute approximate surface area is 151 Å². The molecule has 1 saturated heterocycles. The number of imide groups is 1. The molecule has 0 spiro atoms. The number of nitrogens with zero attached hydrogens (tertiary/aromatic N) is 4. The molecule has 2 aliphatic rings. The summed E-state index contributed by atoms with van der Waals surface area (Å²) in [4.78, 5) is 49.2. The van der Waals surface area contributed by atoms with E-state index in [-0.39, 0.29) is 28.1 Å². The van der Waals surface area contributed by atoms with Crippen LogP contribution >= 0.6 is 23.2 Å². The first-order chi connectivity index (χ1) is 11.9. The Morgan fingerprint density at radius 1 is 1.24 bits per heavy atom. The molecule has 2 amide bonds. The molecule has 0 bridgehead atoms. The summed E-state index contributed by atoms with van der Waals surface area (Å²) in [6.07, 6.45) is 0. The highest BCUT2D eigenvalue weighted by atomic mass is 35.5. The average molecular weight is 385 g/mol. The van der Waals surface area contributed by atoms with Crippen LogP contribution < -0.4 is 4.90 Å².